The van der Waals surface area contributed by atoms with E-state index < -0.39 is 0 Å². The zero-order valence-electron chi connectivity index (χ0n) is 11.7. The maximum absolute atomic E-state index is 9.09. The van der Waals surface area contributed by atoms with E-state index in [1.54, 1.807) is 17.4 Å². The Balaban J connectivity index is 2.19. The van der Waals surface area contributed by atoms with Gasteiger partial charge >= 0.3 is 0 Å². The minimum Gasteiger partial charge on any atom is -0.321 e. The van der Waals surface area contributed by atoms with Crippen LogP contribution >= 0.6 is 22.9 Å². The van der Waals surface area contributed by atoms with Crippen molar-refractivity contribution >= 4 is 34.0 Å². The molecule has 0 spiro atoms. The van der Waals surface area contributed by atoms with Gasteiger partial charge in [-0.2, -0.15) is 5.26 Å². The maximum Gasteiger partial charge on any atom is 0.128 e. The van der Waals surface area contributed by atoms with Gasteiger partial charge in [-0.05, 0) is 32.0 Å². The molecule has 2 heterocycles. The monoisotopic (exact) mass is 316 g/mol. The Hall–Kier alpha value is -1.90. The second kappa shape index (κ2) is 5.47. The molecule has 3 aromatic rings. The summed E-state index contributed by atoms with van der Waals surface area (Å²) < 4.78 is 2.08. The summed E-state index contributed by atoms with van der Waals surface area (Å²) in [4.78, 5) is 10.1. The zero-order chi connectivity index (χ0) is 15.0. The van der Waals surface area contributed by atoms with Crippen LogP contribution in [0, 0.1) is 18.3 Å². The fourth-order valence-corrected chi connectivity index (χ4v) is 3.23. The molecule has 106 valence electrons. The maximum atomic E-state index is 9.09. The van der Waals surface area contributed by atoms with Crippen molar-refractivity contribution in [1.29, 1.82) is 5.26 Å². The summed E-state index contributed by atoms with van der Waals surface area (Å²) in [5.41, 5.74) is 5.28. The molecule has 4 nitrogen and oxygen atoms in total. The first-order valence-electron chi connectivity index (χ1n) is 6.53. The number of hydrogen-bond donors (Lipinski definition) is 0. The predicted octanol–water partition coefficient (Wildman–Crippen LogP) is 4.02. The molecule has 0 bridgehead atoms. The standard InChI is InChI=1S/C15H13ClN4S/c1-9(16)15-19-12-4-3-11(6-17)5-13(12)20(15)7-14-10(2)18-8-21-14/h3-5,8-9H,7H2,1-2H3. The molecular formula is C15H13ClN4S. The molecule has 1 atom stereocenters. The number of alkyl halides is 1. The van der Waals surface area contributed by atoms with E-state index in [1.807, 2.05) is 31.5 Å². The highest BCUT2D eigenvalue weighted by Crippen LogP contribution is 2.27. The van der Waals surface area contributed by atoms with Crippen molar-refractivity contribution in [3.8, 4) is 6.07 Å². The third kappa shape index (κ3) is 2.53. The molecule has 1 aromatic carbocycles. The van der Waals surface area contributed by atoms with Crippen molar-refractivity contribution in [3.05, 3.63) is 45.7 Å². The second-order valence-corrected chi connectivity index (χ2v) is 6.44. The number of nitrogens with zero attached hydrogens (tertiary/aromatic N) is 4. The van der Waals surface area contributed by atoms with Gasteiger partial charge in [-0.1, -0.05) is 0 Å². The minimum atomic E-state index is -0.198. The molecule has 0 N–H and O–H groups in total. The van der Waals surface area contributed by atoms with Crippen LogP contribution in [0.15, 0.2) is 23.7 Å². The highest BCUT2D eigenvalue weighted by Gasteiger charge is 2.17. The van der Waals surface area contributed by atoms with E-state index >= 15 is 0 Å². The van der Waals surface area contributed by atoms with Crippen LogP contribution < -0.4 is 0 Å². The summed E-state index contributed by atoms with van der Waals surface area (Å²) in [6.45, 7) is 4.58. The molecule has 0 aliphatic rings. The van der Waals surface area contributed by atoms with Crippen LogP contribution in [-0.4, -0.2) is 14.5 Å². The van der Waals surface area contributed by atoms with Crippen molar-refractivity contribution in [2.75, 3.05) is 0 Å². The summed E-state index contributed by atoms with van der Waals surface area (Å²) in [6, 6.07) is 7.68. The van der Waals surface area contributed by atoms with Gasteiger partial charge in [0, 0.05) is 4.88 Å². The lowest BCUT2D eigenvalue weighted by molar-refractivity contribution is 0.746. The van der Waals surface area contributed by atoms with E-state index in [1.165, 1.54) is 4.88 Å². The Labute approximate surface area is 131 Å². The molecule has 0 aliphatic carbocycles. The van der Waals surface area contributed by atoms with E-state index in [-0.39, 0.29) is 5.38 Å². The Morgan fingerprint density at radius 2 is 2.29 bits per heavy atom. The molecule has 0 saturated carbocycles. The fraction of sp³-hybridized carbons (Fsp3) is 0.267. The van der Waals surface area contributed by atoms with Gasteiger partial charge in [-0.15, -0.1) is 22.9 Å². The molecule has 0 radical (unpaired) electrons. The number of thiazole rings is 1. The molecule has 6 heteroatoms. The molecule has 2 aromatic heterocycles. The van der Waals surface area contributed by atoms with Crippen LogP contribution in [0.4, 0.5) is 0 Å². The highest BCUT2D eigenvalue weighted by atomic mass is 35.5. The van der Waals surface area contributed by atoms with Crippen molar-refractivity contribution in [2.45, 2.75) is 25.8 Å². The van der Waals surface area contributed by atoms with E-state index in [4.69, 9.17) is 16.9 Å². The van der Waals surface area contributed by atoms with Gasteiger partial charge in [0.1, 0.15) is 5.82 Å². The van der Waals surface area contributed by atoms with Gasteiger partial charge in [0.05, 0.1) is 45.8 Å². The van der Waals surface area contributed by atoms with Crippen molar-refractivity contribution in [2.24, 2.45) is 0 Å². The van der Waals surface area contributed by atoms with Crippen LogP contribution in [0.2, 0.25) is 0 Å². The Bertz CT molecular complexity index is 841. The number of nitriles is 1. The SMILES string of the molecule is Cc1ncsc1Cn1c(C(C)Cl)nc2ccc(C#N)cc21. The Morgan fingerprint density at radius 1 is 1.48 bits per heavy atom. The molecule has 0 amide bonds. The van der Waals surface area contributed by atoms with Gasteiger partial charge in [0.2, 0.25) is 0 Å². The molecule has 21 heavy (non-hydrogen) atoms. The third-order valence-corrected chi connectivity index (χ3v) is 4.52. The van der Waals surface area contributed by atoms with Gasteiger partial charge in [0.25, 0.3) is 0 Å². The average molecular weight is 317 g/mol. The zero-order valence-corrected chi connectivity index (χ0v) is 13.2. The quantitative estimate of drug-likeness (QED) is 0.686. The van der Waals surface area contributed by atoms with Crippen molar-refractivity contribution < 1.29 is 0 Å². The number of fused-ring (bicyclic) bond motifs is 1. The number of aryl methyl sites for hydroxylation is 1. The Kier molecular flexibility index (Phi) is 3.66. The van der Waals surface area contributed by atoms with E-state index in [0.29, 0.717) is 12.1 Å². The number of rotatable bonds is 3. The summed E-state index contributed by atoms with van der Waals surface area (Å²) in [6.07, 6.45) is 0. The lowest BCUT2D eigenvalue weighted by atomic mass is 10.2. The average Bonchev–Trinajstić information content (AvgIpc) is 3.03. The lowest BCUT2D eigenvalue weighted by Crippen LogP contribution is -2.05. The first-order valence-corrected chi connectivity index (χ1v) is 7.85. The minimum absolute atomic E-state index is 0.198. The highest BCUT2D eigenvalue weighted by molar-refractivity contribution is 7.09. The molecule has 0 aliphatic heterocycles. The van der Waals surface area contributed by atoms with Gasteiger partial charge < -0.3 is 4.57 Å². The summed E-state index contributed by atoms with van der Waals surface area (Å²) in [5.74, 6) is 0.814. The normalized spacial score (nSPS) is 12.5. The fourth-order valence-electron chi connectivity index (χ4n) is 2.30. The molecule has 3 rings (SSSR count). The van der Waals surface area contributed by atoms with Crippen LogP contribution in [0.3, 0.4) is 0 Å². The van der Waals surface area contributed by atoms with Gasteiger partial charge in [-0.25, -0.2) is 9.97 Å². The lowest BCUT2D eigenvalue weighted by Gasteiger charge is -2.10. The predicted molar refractivity (Wildman–Crippen MR) is 84.7 cm³/mol. The topological polar surface area (TPSA) is 54.5 Å². The molecular weight excluding hydrogens is 304 g/mol. The van der Waals surface area contributed by atoms with E-state index in [0.717, 1.165) is 22.6 Å². The van der Waals surface area contributed by atoms with Crippen LogP contribution in [0.5, 0.6) is 0 Å². The van der Waals surface area contributed by atoms with Gasteiger partial charge in [0.15, 0.2) is 0 Å². The number of halogens is 1. The largest absolute Gasteiger partial charge is 0.321 e. The third-order valence-electron chi connectivity index (χ3n) is 3.41. The van der Waals surface area contributed by atoms with E-state index in [2.05, 4.69) is 20.6 Å². The van der Waals surface area contributed by atoms with Crippen molar-refractivity contribution in [1.82, 2.24) is 14.5 Å². The summed E-state index contributed by atoms with van der Waals surface area (Å²) in [7, 11) is 0. The molecule has 1 unspecified atom stereocenters. The first-order chi connectivity index (χ1) is 10.1. The smallest absolute Gasteiger partial charge is 0.128 e. The summed E-state index contributed by atoms with van der Waals surface area (Å²) in [5, 5.41) is 8.89. The number of aromatic nitrogens is 3. The van der Waals surface area contributed by atoms with Crippen LogP contribution in [0.1, 0.15) is 34.3 Å². The Morgan fingerprint density at radius 3 is 2.90 bits per heavy atom. The summed E-state index contributed by atoms with van der Waals surface area (Å²) >= 11 is 7.89. The van der Waals surface area contributed by atoms with E-state index in [9.17, 15) is 0 Å². The first kappa shape index (κ1) is 14.1. The van der Waals surface area contributed by atoms with Crippen LogP contribution in [0.25, 0.3) is 11.0 Å². The number of hydrogen-bond acceptors (Lipinski definition) is 4. The van der Waals surface area contributed by atoms with Crippen LogP contribution in [-0.2, 0) is 6.54 Å². The number of benzene rings is 1. The number of imidazole rings is 1. The van der Waals surface area contributed by atoms with Gasteiger partial charge in [-0.3, -0.25) is 0 Å². The molecule has 0 fully saturated rings. The second-order valence-electron chi connectivity index (χ2n) is 4.85. The molecule has 0 saturated heterocycles. The van der Waals surface area contributed by atoms with Crippen molar-refractivity contribution in [3.63, 3.8) is 0 Å².